The zero-order valence-electron chi connectivity index (χ0n) is 10.5. The molecule has 1 unspecified atom stereocenters. The molecule has 0 bridgehead atoms. The van der Waals surface area contributed by atoms with Crippen LogP contribution in [0.1, 0.15) is 31.2 Å². The minimum atomic E-state index is -0.974. The summed E-state index contributed by atoms with van der Waals surface area (Å²) in [5, 5.41) is 20.1. The second-order valence-corrected chi connectivity index (χ2v) is 4.41. The van der Waals surface area contributed by atoms with Gasteiger partial charge in [0, 0.05) is 12.6 Å². The Morgan fingerprint density at radius 3 is 2.50 bits per heavy atom. The molecule has 4 nitrogen and oxygen atoms in total. The minimum absolute atomic E-state index is 0.0522. The SMILES string of the molecule is O=C(O)NC(CCCCCO)Cc1ccccc1. The summed E-state index contributed by atoms with van der Waals surface area (Å²) < 4.78 is 0. The molecule has 0 saturated carbocycles. The van der Waals surface area contributed by atoms with Gasteiger partial charge in [0.25, 0.3) is 0 Å². The van der Waals surface area contributed by atoms with Crippen molar-refractivity contribution in [2.45, 2.75) is 38.1 Å². The Morgan fingerprint density at radius 1 is 1.17 bits per heavy atom. The van der Waals surface area contributed by atoms with Gasteiger partial charge in [0.15, 0.2) is 0 Å². The molecule has 0 aliphatic rings. The number of unbranched alkanes of at least 4 members (excludes halogenated alkanes) is 2. The molecule has 1 aromatic rings. The maximum atomic E-state index is 10.7. The third-order valence-electron chi connectivity index (χ3n) is 2.86. The van der Waals surface area contributed by atoms with E-state index >= 15 is 0 Å². The molecule has 0 aliphatic carbocycles. The molecule has 18 heavy (non-hydrogen) atoms. The van der Waals surface area contributed by atoms with Gasteiger partial charge in [-0.15, -0.1) is 0 Å². The van der Waals surface area contributed by atoms with Crippen molar-refractivity contribution in [3.8, 4) is 0 Å². The molecule has 0 heterocycles. The van der Waals surface area contributed by atoms with Gasteiger partial charge in [0.05, 0.1) is 0 Å². The van der Waals surface area contributed by atoms with Crippen molar-refractivity contribution in [3.05, 3.63) is 35.9 Å². The van der Waals surface area contributed by atoms with E-state index in [2.05, 4.69) is 5.32 Å². The summed E-state index contributed by atoms with van der Waals surface area (Å²) in [5.74, 6) is 0. The second-order valence-electron chi connectivity index (χ2n) is 4.41. The summed E-state index contributed by atoms with van der Waals surface area (Å²) in [6, 6.07) is 9.82. The van der Waals surface area contributed by atoms with Crippen LogP contribution >= 0.6 is 0 Å². The van der Waals surface area contributed by atoms with Crippen molar-refractivity contribution in [1.82, 2.24) is 5.32 Å². The van der Waals surface area contributed by atoms with E-state index in [1.54, 1.807) is 0 Å². The first kappa shape index (κ1) is 14.5. The number of carbonyl (C=O) groups is 1. The predicted octanol–water partition coefficient (Wildman–Crippen LogP) is 2.42. The number of amides is 1. The number of nitrogens with one attached hydrogen (secondary N) is 1. The maximum Gasteiger partial charge on any atom is 0.404 e. The molecule has 0 fully saturated rings. The lowest BCUT2D eigenvalue weighted by Gasteiger charge is -2.16. The van der Waals surface area contributed by atoms with Gasteiger partial charge in [0.1, 0.15) is 0 Å². The number of benzene rings is 1. The molecule has 1 rings (SSSR count). The van der Waals surface area contributed by atoms with Crippen LogP contribution in [0, 0.1) is 0 Å². The number of hydrogen-bond donors (Lipinski definition) is 3. The van der Waals surface area contributed by atoms with Crippen molar-refractivity contribution in [2.24, 2.45) is 0 Å². The fourth-order valence-electron chi connectivity index (χ4n) is 1.98. The molecule has 4 heteroatoms. The number of carboxylic acid groups (broad SMARTS) is 1. The summed E-state index contributed by atoms with van der Waals surface area (Å²) in [5.41, 5.74) is 1.14. The number of hydrogen-bond acceptors (Lipinski definition) is 2. The molecule has 3 N–H and O–H groups in total. The lowest BCUT2D eigenvalue weighted by Crippen LogP contribution is -2.35. The van der Waals surface area contributed by atoms with Gasteiger partial charge in [-0.05, 0) is 24.8 Å². The Kier molecular flexibility index (Phi) is 6.87. The molecule has 1 aromatic carbocycles. The first-order chi connectivity index (χ1) is 8.72. The largest absolute Gasteiger partial charge is 0.465 e. The summed E-state index contributed by atoms with van der Waals surface area (Å²) in [6.45, 7) is 0.204. The number of aliphatic hydroxyl groups is 1. The van der Waals surface area contributed by atoms with Gasteiger partial charge in [-0.2, -0.15) is 0 Å². The van der Waals surface area contributed by atoms with E-state index in [1.807, 2.05) is 30.3 Å². The van der Waals surface area contributed by atoms with Crippen LogP contribution in [0.4, 0.5) is 4.79 Å². The average molecular weight is 251 g/mol. The molecule has 1 atom stereocenters. The van der Waals surface area contributed by atoms with E-state index in [0.717, 1.165) is 31.2 Å². The van der Waals surface area contributed by atoms with Crippen LogP contribution in [0.3, 0.4) is 0 Å². The van der Waals surface area contributed by atoms with Gasteiger partial charge >= 0.3 is 6.09 Å². The molecule has 100 valence electrons. The van der Waals surface area contributed by atoms with Crippen LogP contribution in [0.25, 0.3) is 0 Å². The zero-order chi connectivity index (χ0) is 13.2. The number of aliphatic hydroxyl groups excluding tert-OH is 1. The van der Waals surface area contributed by atoms with Gasteiger partial charge in [-0.3, -0.25) is 0 Å². The minimum Gasteiger partial charge on any atom is -0.465 e. The molecular weight excluding hydrogens is 230 g/mol. The normalized spacial score (nSPS) is 12.1. The van der Waals surface area contributed by atoms with Crippen molar-refractivity contribution in [1.29, 1.82) is 0 Å². The first-order valence-corrected chi connectivity index (χ1v) is 6.36. The smallest absolute Gasteiger partial charge is 0.404 e. The molecule has 0 saturated heterocycles. The Hall–Kier alpha value is -1.55. The van der Waals surface area contributed by atoms with E-state index < -0.39 is 6.09 Å². The molecule has 1 amide bonds. The van der Waals surface area contributed by atoms with E-state index in [9.17, 15) is 4.79 Å². The van der Waals surface area contributed by atoms with Crippen LogP contribution in [-0.4, -0.2) is 29.0 Å². The molecule has 0 aromatic heterocycles. The van der Waals surface area contributed by atoms with Crippen LogP contribution in [0.5, 0.6) is 0 Å². The second kappa shape index (κ2) is 8.53. The van der Waals surface area contributed by atoms with Crippen LogP contribution < -0.4 is 5.32 Å². The van der Waals surface area contributed by atoms with E-state index in [4.69, 9.17) is 10.2 Å². The Labute approximate surface area is 108 Å². The summed E-state index contributed by atoms with van der Waals surface area (Å²) in [4.78, 5) is 10.7. The lowest BCUT2D eigenvalue weighted by atomic mass is 10.0. The van der Waals surface area contributed by atoms with Crippen LogP contribution in [0.2, 0.25) is 0 Å². The molecule has 0 radical (unpaired) electrons. The molecular formula is C14H21NO3. The Morgan fingerprint density at radius 2 is 1.89 bits per heavy atom. The van der Waals surface area contributed by atoms with Crippen molar-refractivity contribution >= 4 is 6.09 Å². The Balaban J connectivity index is 2.42. The van der Waals surface area contributed by atoms with Crippen LogP contribution in [0.15, 0.2) is 30.3 Å². The highest BCUT2D eigenvalue weighted by molar-refractivity contribution is 5.64. The fourth-order valence-corrected chi connectivity index (χ4v) is 1.98. The van der Waals surface area contributed by atoms with Crippen molar-refractivity contribution < 1.29 is 15.0 Å². The maximum absolute atomic E-state index is 10.7. The fraction of sp³-hybridized carbons (Fsp3) is 0.500. The summed E-state index contributed by atoms with van der Waals surface area (Å²) in [7, 11) is 0. The van der Waals surface area contributed by atoms with Crippen molar-refractivity contribution in [2.75, 3.05) is 6.61 Å². The Bertz CT molecular complexity index is 340. The third kappa shape index (κ3) is 6.25. The van der Waals surface area contributed by atoms with E-state index in [-0.39, 0.29) is 12.6 Å². The lowest BCUT2D eigenvalue weighted by molar-refractivity contribution is 0.188. The first-order valence-electron chi connectivity index (χ1n) is 6.36. The topological polar surface area (TPSA) is 69.6 Å². The number of rotatable bonds is 8. The monoisotopic (exact) mass is 251 g/mol. The highest BCUT2D eigenvalue weighted by atomic mass is 16.4. The third-order valence-corrected chi connectivity index (χ3v) is 2.86. The standard InChI is InChI=1S/C14H21NO3/c16-10-6-2-5-9-13(15-14(17)18)11-12-7-3-1-4-8-12/h1,3-4,7-8,13,15-16H,2,5-6,9-11H2,(H,17,18). The molecule has 0 spiro atoms. The van der Waals surface area contributed by atoms with E-state index in [0.29, 0.717) is 6.42 Å². The van der Waals surface area contributed by atoms with E-state index in [1.165, 1.54) is 0 Å². The van der Waals surface area contributed by atoms with Gasteiger partial charge in [-0.25, -0.2) is 4.79 Å². The molecule has 0 aliphatic heterocycles. The summed E-state index contributed by atoms with van der Waals surface area (Å²) >= 11 is 0. The van der Waals surface area contributed by atoms with Gasteiger partial charge in [-0.1, -0.05) is 43.2 Å². The quantitative estimate of drug-likeness (QED) is 0.621. The van der Waals surface area contributed by atoms with Crippen LogP contribution in [-0.2, 0) is 6.42 Å². The highest BCUT2D eigenvalue weighted by Crippen LogP contribution is 2.10. The summed E-state index contributed by atoms with van der Waals surface area (Å²) in [6.07, 6.45) is 3.19. The zero-order valence-corrected chi connectivity index (χ0v) is 10.5. The van der Waals surface area contributed by atoms with Gasteiger partial charge < -0.3 is 15.5 Å². The predicted molar refractivity (Wildman–Crippen MR) is 70.6 cm³/mol. The van der Waals surface area contributed by atoms with Crippen molar-refractivity contribution in [3.63, 3.8) is 0 Å². The highest BCUT2D eigenvalue weighted by Gasteiger charge is 2.11. The average Bonchev–Trinajstić information content (AvgIpc) is 2.35. The van der Waals surface area contributed by atoms with Gasteiger partial charge in [0.2, 0.25) is 0 Å².